The highest BCUT2D eigenvalue weighted by atomic mass is 35.5. The van der Waals surface area contributed by atoms with Crippen LogP contribution < -0.4 is 5.73 Å². The first-order chi connectivity index (χ1) is 9.66. The second kappa shape index (κ2) is 4.90. The summed E-state index contributed by atoms with van der Waals surface area (Å²) in [7, 11) is 0. The van der Waals surface area contributed by atoms with Gasteiger partial charge in [-0.25, -0.2) is 14.4 Å². The molecule has 3 rings (SSSR count). The Kier molecular flexibility index (Phi) is 3.08. The van der Waals surface area contributed by atoms with Crippen LogP contribution in [0.3, 0.4) is 0 Å². The fourth-order valence-corrected chi connectivity index (χ4v) is 2.09. The van der Waals surface area contributed by atoms with Crippen molar-refractivity contribution in [3.8, 4) is 22.6 Å². The van der Waals surface area contributed by atoms with Crippen LogP contribution in [0.25, 0.3) is 22.6 Å². The zero-order chi connectivity index (χ0) is 14.1. The number of hydrogen-bond acceptors (Lipinski definition) is 5. The molecule has 1 aromatic carbocycles. The third kappa shape index (κ3) is 2.10. The Balaban J connectivity index is 2.22. The van der Waals surface area contributed by atoms with Crippen LogP contribution in [0.5, 0.6) is 0 Å². The standard InChI is InChI=1S/C13H8ClFN4O/c14-9-6-7(15)2-3-8(9)10-11(19-20-12(10)16)13-17-4-1-5-18-13/h1-6H,16H2. The molecule has 0 amide bonds. The van der Waals surface area contributed by atoms with E-state index in [1.54, 1.807) is 18.5 Å². The third-order valence-electron chi connectivity index (χ3n) is 2.70. The molecule has 0 bridgehead atoms. The highest BCUT2D eigenvalue weighted by Crippen LogP contribution is 2.38. The molecule has 7 heteroatoms. The van der Waals surface area contributed by atoms with E-state index in [-0.39, 0.29) is 10.9 Å². The average molecular weight is 291 g/mol. The number of benzene rings is 1. The molecule has 20 heavy (non-hydrogen) atoms. The second-order valence-electron chi connectivity index (χ2n) is 3.97. The summed E-state index contributed by atoms with van der Waals surface area (Å²) in [6.07, 6.45) is 3.15. The zero-order valence-electron chi connectivity index (χ0n) is 10.0. The number of halogens is 2. The van der Waals surface area contributed by atoms with Gasteiger partial charge in [-0.2, -0.15) is 0 Å². The Labute approximate surface area is 118 Å². The monoisotopic (exact) mass is 290 g/mol. The molecule has 0 radical (unpaired) electrons. The number of nitrogens with zero attached hydrogens (tertiary/aromatic N) is 3. The Hall–Kier alpha value is -2.47. The molecule has 0 aliphatic heterocycles. The van der Waals surface area contributed by atoms with Crippen molar-refractivity contribution in [1.29, 1.82) is 0 Å². The summed E-state index contributed by atoms with van der Waals surface area (Å²) in [5.74, 6) is -0.0180. The maximum atomic E-state index is 13.1. The topological polar surface area (TPSA) is 77.8 Å². The van der Waals surface area contributed by atoms with Gasteiger partial charge in [0.05, 0.1) is 10.6 Å². The second-order valence-corrected chi connectivity index (χ2v) is 4.37. The number of hydrogen-bond donors (Lipinski definition) is 1. The maximum absolute atomic E-state index is 13.1. The molecule has 0 spiro atoms. The van der Waals surface area contributed by atoms with Crippen LogP contribution in [0.1, 0.15) is 0 Å². The lowest BCUT2D eigenvalue weighted by molar-refractivity contribution is 0.439. The molecule has 2 heterocycles. The molecule has 2 aromatic heterocycles. The minimum absolute atomic E-state index is 0.0703. The fraction of sp³-hybridized carbons (Fsp3) is 0. The number of aromatic nitrogens is 3. The van der Waals surface area contributed by atoms with E-state index < -0.39 is 5.82 Å². The Morgan fingerprint density at radius 3 is 2.65 bits per heavy atom. The number of nitrogen functional groups attached to an aromatic ring is 1. The molecule has 2 N–H and O–H groups in total. The van der Waals surface area contributed by atoms with Gasteiger partial charge in [0, 0.05) is 18.0 Å². The number of rotatable bonds is 2. The zero-order valence-corrected chi connectivity index (χ0v) is 10.8. The van der Waals surface area contributed by atoms with E-state index in [0.29, 0.717) is 22.6 Å². The maximum Gasteiger partial charge on any atom is 0.230 e. The van der Waals surface area contributed by atoms with Gasteiger partial charge in [-0.05, 0) is 24.3 Å². The van der Waals surface area contributed by atoms with E-state index in [1.807, 2.05) is 0 Å². The first kappa shape index (κ1) is 12.6. The van der Waals surface area contributed by atoms with E-state index >= 15 is 0 Å². The molecule has 0 unspecified atom stereocenters. The van der Waals surface area contributed by atoms with Crippen LogP contribution in [-0.2, 0) is 0 Å². The lowest BCUT2D eigenvalue weighted by atomic mass is 10.0. The first-order valence-electron chi connectivity index (χ1n) is 5.65. The summed E-state index contributed by atoms with van der Waals surface area (Å²) in [5.41, 5.74) is 7.09. The van der Waals surface area contributed by atoms with Gasteiger partial charge in [-0.3, -0.25) is 0 Å². The molecule has 0 fully saturated rings. The predicted octanol–water partition coefficient (Wildman–Crippen LogP) is 3.17. The Morgan fingerprint density at radius 2 is 1.95 bits per heavy atom. The average Bonchev–Trinajstić information content (AvgIpc) is 2.82. The van der Waals surface area contributed by atoms with Crippen LogP contribution in [0.15, 0.2) is 41.2 Å². The molecule has 0 saturated heterocycles. The van der Waals surface area contributed by atoms with Crippen LogP contribution in [-0.4, -0.2) is 15.1 Å². The first-order valence-corrected chi connectivity index (χ1v) is 6.02. The van der Waals surface area contributed by atoms with E-state index in [0.717, 1.165) is 0 Å². The minimum Gasteiger partial charge on any atom is -0.367 e. The van der Waals surface area contributed by atoms with Crippen molar-refractivity contribution in [2.45, 2.75) is 0 Å². The van der Waals surface area contributed by atoms with Crippen molar-refractivity contribution in [3.05, 3.63) is 47.5 Å². The van der Waals surface area contributed by atoms with Crippen molar-refractivity contribution in [1.82, 2.24) is 15.1 Å². The van der Waals surface area contributed by atoms with Gasteiger partial charge >= 0.3 is 0 Å². The normalized spacial score (nSPS) is 10.7. The number of nitrogens with two attached hydrogens (primary N) is 1. The van der Waals surface area contributed by atoms with Crippen molar-refractivity contribution >= 4 is 17.5 Å². The molecule has 0 atom stereocenters. The Bertz CT molecular complexity index is 760. The van der Waals surface area contributed by atoms with E-state index in [2.05, 4.69) is 15.1 Å². The predicted molar refractivity (Wildman–Crippen MR) is 72.3 cm³/mol. The summed E-state index contributed by atoms with van der Waals surface area (Å²) in [6.45, 7) is 0. The molecule has 100 valence electrons. The van der Waals surface area contributed by atoms with E-state index in [4.69, 9.17) is 21.9 Å². The van der Waals surface area contributed by atoms with Gasteiger partial charge in [0.15, 0.2) is 11.5 Å². The number of anilines is 1. The largest absolute Gasteiger partial charge is 0.367 e. The van der Waals surface area contributed by atoms with Crippen molar-refractivity contribution in [2.75, 3.05) is 5.73 Å². The van der Waals surface area contributed by atoms with Crippen LogP contribution >= 0.6 is 11.6 Å². The summed E-state index contributed by atoms with van der Waals surface area (Å²) in [6, 6.07) is 5.66. The highest BCUT2D eigenvalue weighted by molar-refractivity contribution is 6.33. The van der Waals surface area contributed by atoms with Crippen molar-refractivity contribution in [3.63, 3.8) is 0 Å². The fourth-order valence-electron chi connectivity index (χ4n) is 1.83. The SMILES string of the molecule is Nc1onc(-c2ncccn2)c1-c1ccc(F)cc1Cl. The van der Waals surface area contributed by atoms with Gasteiger partial charge in [0.2, 0.25) is 5.88 Å². The summed E-state index contributed by atoms with van der Waals surface area (Å²) >= 11 is 6.05. The molecule has 0 aliphatic rings. The van der Waals surface area contributed by atoms with Crippen LogP contribution in [0.2, 0.25) is 5.02 Å². The van der Waals surface area contributed by atoms with E-state index in [9.17, 15) is 4.39 Å². The highest BCUT2D eigenvalue weighted by Gasteiger charge is 2.21. The van der Waals surface area contributed by atoms with Crippen molar-refractivity contribution in [2.24, 2.45) is 0 Å². The van der Waals surface area contributed by atoms with E-state index in [1.165, 1.54) is 18.2 Å². The molecular formula is C13H8ClFN4O. The molecular weight excluding hydrogens is 283 g/mol. The lowest BCUT2D eigenvalue weighted by Gasteiger charge is -2.04. The summed E-state index contributed by atoms with van der Waals surface area (Å²) in [4.78, 5) is 8.18. The summed E-state index contributed by atoms with van der Waals surface area (Å²) in [5, 5.41) is 4.05. The van der Waals surface area contributed by atoms with Crippen LogP contribution in [0.4, 0.5) is 10.3 Å². The van der Waals surface area contributed by atoms with Gasteiger partial charge in [-0.15, -0.1) is 0 Å². The van der Waals surface area contributed by atoms with Crippen LogP contribution in [0, 0.1) is 5.82 Å². The lowest BCUT2D eigenvalue weighted by Crippen LogP contribution is -1.92. The van der Waals surface area contributed by atoms with Gasteiger partial charge < -0.3 is 10.3 Å². The molecule has 3 aromatic rings. The smallest absolute Gasteiger partial charge is 0.230 e. The van der Waals surface area contributed by atoms with Gasteiger partial charge in [0.1, 0.15) is 5.82 Å². The molecule has 0 aliphatic carbocycles. The van der Waals surface area contributed by atoms with Gasteiger partial charge in [-0.1, -0.05) is 16.8 Å². The third-order valence-corrected chi connectivity index (χ3v) is 3.01. The van der Waals surface area contributed by atoms with Gasteiger partial charge in [0.25, 0.3) is 0 Å². The minimum atomic E-state index is -0.439. The molecule has 0 saturated carbocycles. The van der Waals surface area contributed by atoms with Crippen molar-refractivity contribution < 1.29 is 8.91 Å². The molecule has 5 nitrogen and oxygen atoms in total. The quantitative estimate of drug-likeness (QED) is 0.784. The Morgan fingerprint density at radius 1 is 1.20 bits per heavy atom. The summed E-state index contributed by atoms with van der Waals surface area (Å²) < 4.78 is 18.1.